The number of hydrogen-bond acceptors (Lipinski definition) is 7. The zero-order valence-electron chi connectivity index (χ0n) is 19.4. The summed E-state index contributed by atoms with van der Waals surface area (Å²) in [6, 6.07) is 13.8. The van der Waals surface area contributed by atoms with Gasteiger partial charge in [-0.3, -0.25) is 4.90 Å². The highest BCUT2D eigenvalue weighted by atomic mass is 19.4. The maximum atomic E-state index is 12.4. The summed E-state index contributed by atoms with van der Waals surface area (Å²) in [7, 11) is 0. The highest BCUT2D eigenvalue weighted by Gasteiger charge is 2.46. The number of anilines is 2. The number of carbonyl (C=O) groups excluding carboxylic acids is 1. The number of para-hydroxylation sites is 1. The average Bonchev–Trinajstić information content (AvgIpc) is 3.19. The van der Waals surface area contributed by atoms with Gasteiger partial charge in [0, 0.05) is 44.1 Å². The van der Waals surface area contributed by atoms with Crippen LogP contribution in [0.25, 0.3) is 0 Å². The number of piperazine rings is 1. The second kappa shape index (κ2) is 11.3. The second-order valence-electron chi connectivity index (χ2n) is 8.64. The zero-order valence-corrected chi connectivity index (χ0v) is 19.4. The van der Waals surface area contributed by atoms with Crippen LogP contribution in [-0.4, -0.2) is 91.2 Å². The molecule has 9 nitrogen and oxygen atoms in total. The largest absolute Gasteiger partial charge is 0.573 e. The number of aliphatic hydroxyl groups excluding tert-OH is 2. The lowest BCUT2D eigenvalue weighted by atomic mass is 10.0. The number of halogens is 3. The van der Waals surface area contributed by atoms with Crippen LogP contribution in [0.5, 0.6) is 5.75 Å². The number of amides is 2. The highest BCUT2D eigenvalue weighted by Crippen LogP contribution is 2.28. The molecule has 2 fully saturated rings. The highest BCUT2D eigenvalue weighted by molar-refractivity contribution is 5.89. The smallest absolute Gasteiger partial charge is 0.406 e. The van der Waals surface area contributed by atoms with Crippen molar-refractivity contribution < 1.29 is 37.7 Å². The molecular formula is C24H29F3N4O5. The molecule has 2 saturated heterocycles. The predicted molar refractivity (Wildman–Crippen MR) is 126 cm³/mol. The number of benzene rings is 2. The predicted octanol–water partition coefficient (Wildman–Crippen LogP) is 2.02. The van der Waals surface area contributed by atoms with Crippen molar-refractivity contribution in [1.29, 1.82) is 0 Å². The Bertz CT molecular complexity index is 987. The van der Waals surface area contributed by atoms with Crippen molar-refractivity contribution in [3.05, 3.63) is 54.6 Å². The van der Waals surface area contributed by atoms with E-state index in [0.717, 1.165) is 30.9 Å². The lowest BCUT2D eigenvalue weighted by molar-refractivity contribution is -0.274. The summed E-state index contributed by atoms with van der Waals surface area (Å²) in [6.07, 6.45) is -7.05. The fourth-order valence-electron chi connectivity index (χ4n) is 4.62. The fraction of sp³-hybridized carbons (Fsp3) is 0.458. The van der Waals surface area contributed by atoms with E-state index in [4.69, 9.17) is 4.74 Å². The van der Waals surface area contributed by atoms with Crippen LogP contribution in [0.2, 0.25) is 0 Å². The number of rotatable bonds is 7. The standard InChI is InChI=1S/C24H29F3N4O5/c25-24(26,27)36-18-8-6-16(7-9-18)29-23(34)28-14-19-21(22(33)20(15-32)35-19)31-12-10-30(11-13-31)17-4-2-1-3-5-17/h1-9,19-22,32-33H,10-15H2,(H2,28,29,34). The van der Waals surface area contributed by atoms with Crippen LogP contribution < -0.4 is 20.3 Å². The maximum absolute atomic E-state index is 12.4. The molecule has 4 rings (SSSR count). The number of ether oxygens (including phenoxy) is 2. The van der Waals surface area contributed by atoms with E-state index in [9.17, 15) is 28.2 Å². The molecule has 2 heterocycles. The topological polar surface area (TPSA) is 107 Å². The second-order valence-corrected chi connectivity index (χ2v) is 8.64. The molecule has 2 amide bonds. The van der Waals surface area contributed by atoms with E-state index in [2.05, 4.69) is 25.2 Å². The van der Waals surface area contributed by atoms with Gasteiger partial charge in [0.15, 0.2) is 0 Å². The molecule has 0 aromatic heterocycles. The van der Waals surface area contributed by atoms with Crippen molar-refractivity contribution in [2.75, 3.05) is 49.5 Å². The van der Waals surface area contributed by atoms with Crippen LogP contribution in [0.1, 0.15) is 0 Å². The molecule has 0 saturated carbocycles. The summed E-state index contributed by atoms with van der Waals surface area (Å²) in [5, 5.41) is 25.6. The Kier molecular flexibility index (Phi) is 8.19. The molecule has 0 spiro atoms. The summed E-state index contributed by atoms with van der Waals surface area (Å²) >= 11 is 0. The van der Waals surface area contributed by atoms with Gasteiger partial charge in [0.25, 0.3) is 0 Å². The number of carbonyl (C=O) groups is 1. The molecule has 0 radical (unpaired) electrons. The van der Waals surface area contributed by atoms with E-state index >= 15 is 0 Å². The molecule has 2 aromatic carbocycles. The molecule has 12 heteroatoms. The van der Waals surface area contributed by atoms with Crippen molar-refractivity contribution in [3.8, 4) is 5.75 Å². The van der Waals surface area contributed by atoms with Gasteiger partial charge in [-0.1, -0.05) is 18.2 Å². The first-order chi connectivity index (χ1) is 17.2. The Morgan fingerprint density at radius 1 is 1.03 bits per heavy atom. The van der Waals surface area contributed by atoms with Gasteiger partial charge in [0.05, 0.1) is 18.8 Å². The van der Waals surface area contributed by atoms with Crippen molar-refractivity contribution in [2.45, 2.75) is 30.7 Å². The van der Waals surface area contributed by atoms with Crippen LogP contribution in [0.4, 0.5) is 29.3 Å². The van der Waals surface area contributed by atoms with Crippen molar-refractivity contribution in [3.63, 3.8) is 0 Å². The molecule has 4 N–H and O–H groups in total. The van der Waals surface area contributed by atoms with Gasteiger partial charge < -0.3 is 35.2 Å². The Labute approximate surface area is 206 Å². The molecule has 4 atom stereocenters. The van der Waals surface area contributed by atoms with Gasteiger partial charge in [-0.05, 0) is 36.4 Å². The number of nitrogens with one attached hydrogen (secondary N) is 2. The Morgan fingerprint density at radius 2 is 1.69 bits per heavy atom. The molecule has 0 bridgehead atoms. The molecule has 2 aliphatic rings. The van der Waals surface area contributed by atoms with Gasteiger partial charge in [0.1, 0.15) is 18.0 Å². The maximum Gasteiger partial charge on any atom is 0.573 e. The van der Waals surface area contributed by atoms with E-state index in [1.54, 1.807) is 0 Å². The van der Waals surface area contributed by atoms with E-state index in [0.29, 0.717) is 13.1 Å². The zero-order chi connectivity index (χ0) is 25.7. The number of urea groups is 1. The van der Waals surface area contributed by atoms with E-state index in [1.807, 2.05) is 30.3 Å². The van der Waals surface area contributed by atoms with Crippen LogP contribution in [0.15, 0.2) is 54.6 Å². The summed E-state index contributed by atoms with van der Waals surface area (Å²) in [4.78, 5) is 16.7. The minimum Gasteiger partial charge on any atom is -0.406 e. The Morgan fingerprint density at radius 3 is 2.31 bits per heavy atom. The van der Waals surface area contributed by atoms with Gasteiger partial charge in [-0.2, -0.15) is 0 Å². The average molecular weight is 511 g/mol. The quantitative estimate of drug-likeness (QED) is 0.452. The van der Waals surface area contributed by atoms with Gasteiger partial charge >= 0.3 is 12.4 Å². The van der Waals surface area contributed by atoms with Crippen LogP contribution in [0, 0.1) is 0 Å². The molecular weight excluding hydrogens is 481 g/mol. The van der Waals surface area contributed by atoms with E-state index in [1.165, 1.54) is 12.1 Å². The molecule has 2 aromatic rings. The van der Waals surface area contributed by atoms with Crippen LogP contribution in [0.3, 0.4) is 0 Å². The van der Waals surface area contributed by atoms with Gasteiger partial charge in [-0.15, -0.1) is 13.2 Å². The van der Waals surface area contributed by atoms with Crippen molar-refractivity contribution in [2.24, 2.45) is 0 Å². The number of nitrogens with zero attached hydrogens (tertiary/aromatic N) is 2. The van der Waals surface area contributed by atoms with Gasteiger partial charge in [-0.25, -0.2) is 4.79 Å². The lowest BCUT2D eigenvalue weighted by Crippen LogP contribution is -2.57. The van der Waals surface area contributed by atoms with E-state index < -0.39 is 42.5 Å². The Balaban J connectivity index is 1.31. The monoisotopic (exact) mass is 510 g/mol. The van der Waals surface area contributed by atoms with Crippen molar-refractivity contribution >= 4 is 17.4 Å². The van der Waals surface area contributed by atoms with Gasteiger partial charge in [0.2, 0.25) is 0 Å². The third-order valence-electron chi connectivity index (χ3n) is 6.31. The third kappa shape index (κ3) is 6.58. The van der Waals surface area contributed by atoms with Crippen LogP contribution >= 0.6 is 0 Å². The minimum atomic E-state index is -4.80. The third-order valence-corrected chi connectivity index (χ3v) is 6.31. The van der Waals surface area contributed by atoms with E-state index in [-0.39, 0.29) is 18.8 Å². The molecule has 0 aliphatic carbocycles. The number of aliphatic hydroxyl groups is 2. The first-order valence-electron chi connectivity index (χ1n) is 11.6. The molecule has 36 heavy (non-hydrogen) atoms. The number of alkyl halides is 3. The molecule has 2 aliphatic heterocycles. The first-order valence-corrected chi connectivity index (χ1v) is 11.6. The minimum absolute atomic E-state index is 0.0677. The summed E-state index contributed by atoms with van der Waals surface area (Å²) < 4.78 is 46.5. The summed E-state index contributed by atoms with van der Waals surface area (Å²) in [5.41, 5.74) is 1.40. The van der Waals surface area contributed by atoms with Crippen LogP contribution in [-0.2, 0) is 4.74 Å². The molecule has 4 unspecified atom stereocenters. The van der Waals surface area contributed by atoms with Crippen molar-refractivity contribution in [1.82, 2.24) is 10.2 Å². The first kappa shape index (κ1) is 26.0. The lowest BCUT2D eigenvalue weighted by Gasteiger charge is -2.41. The summed E-state index contributed by atoms with van der Waals surface area (Å²) in [6.45, 7) is 2.58. The molecule has 196 valence electrons. The fourth-order valence-corrected chi connectivity index (χ4v) is 4.62. The summed E-state index contributed by atoms with van der Waals surface area (Å²) in [5.74, 6) is -0.396. The number of hydrogen-bond donors (Lipinski definition) is 4. The Hall–Kier alpha value is -3.06. The SMILES string of the molecule is O=C(NCC1OC(CO)C(O)C1N1CCN(c2ccccc2)CC1)Nc1ccc(OC(F)(F)F)cc1. The normalized spacial score (nSPS) is 25.0.